The van der Waals surface area contributed by atoms with E-state index in [9.17, 15) is 0 Å². The van der Waals surface area contributed by atoms with Crippen LogP contribution in [0.25, 0.3) is 10.8 Å². The summed E-state index contributed by atoms with van der Waals surface area (Å²) >= 11 is 2.03. The van der Waals surface area contributed by atoms with E-state index in [2.05, 4.69) is 50.2 Å². The molecule has 16 heavy (non-hydrogen) atoms. The third-order valence-corrected chi connectivity index (χ3v) is 4.72. The second-order valence-electron chi connectivity index (χ2n) is 5.13. The average molecular weight is 228 g/mol. The van der Waals surface area contributed by atoms with Gasteiger partial charge in [0.1, 0.15) is 0 Å². The molecule has 0 bridgehead atoms. The molecule has 3 rings (SSSR count). The summed E-state index contributed by atoms with van der Waals surface area (Å²) in [6.45, 7) is 4.69. The minimum atomic E-state index is 0.398. The van der Waals surface area contributed by atoms with Crippen molar-refractivity contribution < 1.29 is 0 Å². The monoisotopic (exact) mass is 228 g/mol. The topological polar surface area (TPSA) is 0 Å². The molecule has 2 aromatic carbocycles. The van der Waals surface area contributed by atoms with E-state index in [4.69, 9.17) is 0 Å². The quantitative estimate of drug-likeness (QED) is 0.632. The summed E-state index contributed by atoms with van der Waals surface area (Å²) in [4.78, 5) is 1.48. The number of rotatable bonds is 0. The normalized spacial score (nSPS) is 18.4. The van der Waals surface area contributed by atoms with Crippen LogP contribution in [0.5, 0.6) is 0 Å². The van der Waals surface area contributed by atoms with Crippen molar-refractivity contribution in [3.63, 3.8) is 0 Å². The Morgan fingerprint density at radius 1 is 1.06 bits per heavy atom. The Morgan fingerprint density at radius 3 is 2.75 bits per heavy atom. The lowest BCUT2D eigenvalue weighted by atomic mass is 9.96. The maximum Gasteiger partial charge on any atom is 0.0154 e. The van der Waals surface area contributed by atoms with Crippen LogP contribution in [-0.2, 0) is 6.42 Å². The minimum absolute atomic E-state index is 0.398. The molecule has 0 saturated carbocycles. The van der Waals surface area contributed by atoms with Gasteiger partial charge in [0.2, 0.25) is 0 Å². The van der Waals surface area contributed by atoms with Gasteiger partial charge in [0.15, 0.2) is 0 Å². The van der Waals surface area contributed by atoms with Crippen LogP contribution in [0, 0.1) is 0 Å². The highest BCUT2D eigenvalue weighted by atomic mass is 32.2. The van der Waals surface area contributed by atoms with E-state index in [0.717, 1.165) is 0 Å². The van der Waals surface area contributed by atoms with Gasteiger partial charge in [-0.15, -0.1) is 11.8 Å². The number of hydrogen-bond donors (Lipinski definition) is 0. The summed E-state index contributed by atoms with van der Waals surface area (Å²) < 4.78 is 0.398. The Kier molecular flexibility index (Phi) is 2.25. The smallest absolute Gasteiger partial charge is 0.0154 e. The first kappa shape index (κ1) is 10.2. The van der Waals surface area contributed by atoms with Crippen LogP contribution < -0.4 is 0 Å². The molecule has 1 heteroatoms. The summed E-state index contributed by atoms with van der Waals surface area (Å²) in [6.07, 6.45) is 2.50. The van der Waals surface area contributed by atoms with Crippen LogP contribution in [0.3, 0.4) is 0 Å². The zero-order chi connectivity index (χ0) is 11.2. The second-order valence-corrected chi connectivity index (χ2v) is 6.87. The Morgan fingerprint density at radius 2 is 1.88 bits per heavy atom. The molecule has 0 nitrogen and oxygen atoms in total. The van der Waals surface area contributed by atoms with E-state index in [1.165, 1.54) is 28.5 Å². The van der Waals surface area contributed by atoms with E-state index in [0.29, 0.717) is 4.75 Å². The standard InChI is InChI=1S/C15H16S/c1-15(2)10-9-13-12-6-4-3-5-11(12)7-8-14(13)16-15/h3-8H,9-10H2,1-2H3. The first-order chi connectivity index (χ1) is 7.66. The van der Waals surface area contributed by atoms with E-state index in [-0.39, 0.29) is 0 Å². The number of benzene rings is 2. The van der Waals surface area contributed by atoms with Gasteiger partial charge in [-0.3, -0.25) is 0 Å². The largest absolute Gasteiger partial charge is 0.120 e. The van der Waals surface area contributed by atoms with E-state index >= 15 is 0 Å². The van der Waals surface area contributed by atoms with Crippen molar-refractivity contribution in [1.82, 2.24) is 0 Å². The average Bonchev–Trinajstić information content (AvgIpc) is 2.27. The molecule has 1 heterocycles. The van der Waals surface area contributed by atoms with E-state index in [1.807, 2.05) is 11.8 Å². The van der Waals surface area contributed by atoms with Gasteiger partial charge in [-0.05, 0) is 35.2 Å². The Balaban J connectivity index is 2.22. The van der Waals surface area contributed by atoms with Crippen molar-refractivity contribution in [3.05, 3.63) is 42.0 Å². The van der Waals surface area contributed by atoms with Crippen molar-refractivity contribution in [3.8, 4) is 0 Å². The maximum atomic E-state index is 2.34. The predicted octanol–water partition coefficient (Wildman–Crippen LogP) is 4.66. The maximum absolute atomic E-state index is 2.34. The highest BCUT2D eigenvalue weighted by Crippen LogP contribution is 2.44. The SMILES string of the molecule is CC1(C)CCc2c(ccc3ccccc23)S1. The van der Waals surface area contributed by atoms with Crippen LogP contribution in [0.15, 0.2) is 41.3 Å². The summed E-state index contributed by atoms with van der Waals surface area (Å²) in [7, 11) is 0. The molecule has 1 aliphatic heterocycles. The fraction of sp³-hybridized carbons (Fsp3) is 0.333. The van der Waals surface area contributed by atoms with E-state index < -0.39 is 0 Å². The van der Waals surface area contributed by atoms with Crippen molar-refractivity contribution in [2.24, 2.45) is 0 Å². The fourth-order valence-corrected chi connectivity index (χ4v) is 3.71. The highest BCUT2D eigenvalue weighted by Gasteiger charge is 2.26. The molecule has 0 aromatic heterocycles. The van der Waals surface area contributed by atoms with Gasteiger partial charge in [0, 0.05) is 9.64 Å². The van der Waals surface area contributed by atoms with E-state index in [1.54, 1.807) is 5.56 Å². The molecule has 0 atom stereocenters. The van der Waals surface area contributed by atoms with Gasteiger partial charge in [-0.2, -0.15) is 0 Å². The molecule has 0 radical (unpaired) electrons. The molecule has 0 N–H and O–H groups in total. The zero-order valence-corrected chi connectivity index (χ0v) is 10.6. The number of fused-ring (bicyclic) bond motifs is 3. The van der Waals surface area contributed by atoms with Crippen molar-refractivity contribution >= 4 is 22.5 Å². The first-order valence-electron chi connectivity index (χ1n) is 5.85. The van der Waals surface area contributed by atoms with Crippen LogP contribution in [0.4, 0.5) is 0 Å². The van der Waals surface area contributed by atoms with Gasteiger partial charge >= 0.3 is 0 Å². The van der Waals surface area contributed by atoms with Gasteiger partial charge in [-0.25, -0.2) is 0 Å². The molecule has 0 aliphatic carbocycles. The Hall–Kier alpha value is -0.950. The summed E-state index contributed by atoms with van der Waals surface area (Å²) in [5.74, 6) is 0. The molecular formula is C15H16S. The van der Waals surface area contributed by atoms with Crippen LogP contribution >= 0.6 is 11.8 Å². The summed E-state index contributed by atoms with van der Waals surface area (Å²) in [6, 6.07) is 13.3. The number of thioether (sulfide) groups is 1. The number of hydrogen-bond acceptors (Lipinski definition) is 1. The third-order valence-electron chi connectivity index (χ3n) is 3.36. The minimum Gasteiger partial charge on any atom is -0.120 e. The van der Waals surface area contributed by atoms with Crippen LogP contribution in [0.1, 0.15) is 25.8 Å². The lowest BCUT2D eigenvalue weighted by Gasteiger charge is -2.31. The first-order valence-corrected chi connectivity index (χ1v) is 6.67. The molecule has 82 valence electrons. The molecule has 2 aromatic rings. The van der Waals surface area contributed by atoms with Gasteiger partial charge in [0.25, 0.3) is 0 Å². The lowest BCUT2D eigenvalue weighted by Crippen LogP contribution is -2.20. The van der Waals surface area contributed by atoms with Gasteiger partial charge in [-0.1, -0.05) is 44.2 Å². The third kappa shape index (κ3) is 1.63. The molecule has 0 saturated heterocycles. The predicted molar refractivity (Wildman–Crippen MR) is 72.2 cm³/mol. The molecular weight excluding hydrogens is 212 g/mol. The molecule has 1 aliphatic rings. The second kappa shape index (κ2) is 3.53. The lowest BCUT2D eigenvalue weighted by molar-refractivity contribution is 0.623. The summed E-state index contributed by atoms with van der Waals surface area (Å²) in [5.41, 5.74) is 1.56. The molecule has 0 unspecified atom stereocenters. The van der Waals surface area contributed by atoms with Crippen molar-refractivity contribution in [2.75, 3.05) is 0 Å². The molecule has 0 spiro atoms. The Labute approximate surface area is 101 Å². The molecule has 0 amide bonds. The van der Waals surface area contributed by atoms with Gasteiger partial charge in [0.05, 0.1) is 0 Å². The summed E-state index contributed by atoms with van der Waals surface area (Å²) in [5, 5.41) is 2.82. The van der Waals surface area contributed by atoms with Crippen molar-refractivity contribution in [1.29, 1.82) is 0 Å². The molecule has 0 fully saturated rings. The zero-order valence-electron chi connectivity index (χ0n) is 9.79. The van der Waals surface area contributed by atoms with Crippen molar-refractivity contribution in [2.45, 2.75) is 36.3 Å². The highest BCUT2D eigenvalue weighted by molar-refractivity contribution is 8.00. The number of aryl methyl sites for hydroxylation is 1. The Bertz CT molecular complexity index is 540. The van der Waals surface area contributed by atoms with Gasteiger partial charge < -0.3 is 0 Å². The fourth-order valence-electron chi connectivity index (χ4n) is 2.44. The van der Waals surface area contributed by atoms with Crippen LogP contribution in [-0.4, -0.2) is 4.75 Å². The van der Waals surface area contributed by atoms with Crippen LogP contribution in [0.2, 0.25) is 0 Å².